The van der Waals surface area contributed by atoms with Crippen LogP contribution in [0.25, 0.3) is 0 Å². The summed E-state index contributed by atoms with van der Waals surface area (Å²) in [6.07, 6.45) is 0. The van der Waals surface area contributed by atoms with Gasteiger partial charge in [-0.25, -0.2) is 0 Å². The number of anilines is 1. The van der Waals surface area contributed by atoms with E-state index in [4.69, 9.17) is 5.73 Å². The van der Waals surface area contributed by atoms with E-state index in [9.17, 15) is 18.4 Å². The molecule has 0 atom stereocenters. The summed E-state index contributed by atoms with van der Waals surface area (Å²) in [5.41, 5.74) is 5.25. The van der Waals surface area contributed by atoms with E-state index >= 15 is 0 Å². The highest BCUT2D eigenvalue weighted by atomic mass is 32.2. The molecule has 0 aromatic heterocycles. The van der Waals surface area contributed by atoms with Crippen LogP contribution < -0.4 is 15.8 Å². The van der Waals surface area contributed by atoms with Gasteiger partial charge in [0.2, 0.25) is 11.8 Å². The zero-order valence-corrected chi connectivity index (χ0v) is 10.6. The van der Waals surface area contributed by atoms with E-state index in [1.807, 2.05) is 0 Å². The number of hydrogen-bond donors (Lipinski definition) is 2. The molecule has 0 saturated heterocycles. The molecule has 0 aliphatic carbocycles. The van der Waals surface area contributed by atoms with Gasteiger partial charge in [-0.05, 0) is 12.1 Å². The van der Waals surface area contributed by atoms with Gasteiger partial charge >= 0.3 is 6.61 Å². The summed E-state index contributed by atoms with van der Waals surface area (Å²) in [4.78, 5) is 21.9. The molecule has 1 rings (SSSR count). The molecule has 0 heterocycles. The largest absolute Gasteiger partial charge is 0.435 e. The first kappa shape index (κ1) is 15.2. The Kier molecular flexibility index (Phi) is 6.07. The van der Waals surface area contributed by atoms with E-state index in [0.29, 0.717) is 5.69 Å². The smallest absolute Gasteiger partial charge is 0.387 e. The zero-order valence-electron chi connectivity index (χ0n) is 9.77. The number of benzene rings is 1. The molecule has 5 nitrogen and oxygen atoms in total. The Hall–Kier alpha value is -1.83. The molecule has 2 amide bonds. The summed E-state index contributed by atoms with van der Waals surface area (Å²) in [6, 6.07) is 5.64. The van der Waals surface area contributed by atoms with Crippen LogP contribution in [-0.2, 0) is 9.59 Å². The maximum absolute atomic E-state index is 12.0. The molecule has 0 bridgehead atoms. The van der Waals surface area contributed by atoms with Gasteiger partial charge in [0.15, 0.2) is 0 Å². The number of carbonyl (C=O) groups excluding carboxylic acids is 2. The predicted molar refractivity (Wildman–Crippen MR) is 68.2 cm³/mol. The van der Waals surface area contributed by atoms with Gasteiger partial charge in [-0.1, -0.05) is 6.07 Å². The van der Waals surface area contributed by atoms with Crippen molar-refractivity contribution in [2.75, 3.05) is 16.8 Å². The van der Waals surface area contributed by atoms with Gasteiger partial charge in [-0.15, -0.1) is 11.8 Å². The molecule has 1 aromatic carbocycles. The highest BCUT2D eigenvalue weighted by Crippen LogP contribution is 2.19. The van der Waals surface area contributed by atoms with Crippen molar-refractivity contribution in [2.24, 2.45) is 5.73 Å². The molecule has 0 spiro atoms. The first-order chi connectivity index (χ1) is 8.97. The third-order valence-corrected chi connectivity index (χ3v) is 2.78. The number of halogens is 2. The van der Waals surface area contributed by atoms with Crippen molar-refractivity contribution in [2.45, 2.75) is 6.61 Å². The second-order valence-electron chi connectivity index (χ2n) is 3.41. The molecule has 0 unspecified atom stereocenters. The average molecular weight is 290 g/mol. The average Bonchev–Trinajstić information content (AvgIpc) is 2.27. The van der Waals surface area contributed by atoms with Crippen molar-refractivity contribution in [1.29, 1.82) is 0 Å². The molecule has 104 valence electrons. The Morgan fingerprint density at radius 1 is 1.37 bits per heavy atom. The van der Waals surface area contributed by atoms with Crippen molar-refractivity contribution in [3.05, 3.63) is 24.3 Å². The fourth-order valence-electron chi connectivity index (χ4n) is 1.19. The Bertz CT molecular complexity index is 457. The molecule has 8 heteroatoms. The van der Waals surface area contributed by atoms with Crippen molar-refractivity contribution >= 4 is 29.3 Å². The standard InChI is InChI=1S/C11H12F2N2O3S/c12-11(13)18-8-3-1-2-7(4-8)15-10(17)6-19-5-9(14)16/h1-4,11H,5-6H2,(H2,14,16)(H,15,17). The summed E-state index contributed by atoms with van der Waals surface area (Å²) in [5.74, 6) is -0.826. The first-order valence-corrected chi connectivity index (χ1v) is 6.33. The maximum Gasteiger partial charge on any atom is 0.387 e. The van der Waals surface area contributed by atoms with E-state index < -0.39 is 12.5 Å². The molecule has 0 aliphatic rings. The lowest BCUT2D eigenvalue weighted by molar-refractivity contribution is -0.115. The Morgan fingerprint density at radius 3 is 2.74 bits per heavy atom. The lowest BCUT2D eigenvalue weighted by Crippen LogP contribution is -2.18. The number of carbonyl (C=O) groups is 2. The van der Waals surface area contributed by atoms with Crippen molar-refractivity contribution in [3.63, 3.8) is 0 Å². The SMILES string of the molecule is NC(=O)CSCC(=O)Nc1cccc(OC(F)F)c1. The predicted octanol–water partition coefficient (Wildman–Crippen LogP) is 1.44. The second-order valence-corrected chi connectivity index (χ2v) is 4.40. The van der Waals surface area contributed by atoms with E-state index in [2.05, 4.69) is 10.1 Å². The molecular formula is C11H12F2N2O3S. The highest BCUT2D eigenvalue weighted by Gasteiger charge is 2.07. The van der Waals surface area contributed by atoms with Crippen LogP contribution in [0.1, 0.15) is 0 Å². The van der Waals surface area contributed by atoms with Gasteiger partial charge in [-0.2, -0.15) is 8.78 Å². The fraction of sp³-hybridized carbons (Fsp3) is 0.273. The summed E-state index contributed by atoms with van der Waals surface area (Å²) in [7, 11) is 0. The number of hydrogen-bond acceptors (Lipinski definition) is 4. The van der Waals surface area contributed by atoms with Gasteiger partial charge in [0.05, 0.1) is 11.5 Å². The summed E-state index contributed by atoms with van der Waals surface area (Å²) in [6.45, 7) is -2.92. The van der Waals surface area contributed by atoms with Gasteiger partial charge < -0.3 is 15.8 Å². The van der Waals surface area contributed by atoms with E-state index in [1.165, 1.54) is 24.3 Å². The lowest BCUT2D eigenvalue weighted by Gasteiger charge is -2.08. The Labute approximate surface area is 112 Å². The molecule has 1 aromatic rings. The molecule has 0 aliphatic heterocycles. The van der Waals surface area contributed by atoms with E-state index in [-0.39, 0.29) is 23.2 Å². The molecular weight excluding hydrogens is 278 g/mol. The van der Waals surface area contributed by atoms with Gasteiger partial charge in [0, 0.05) is 11.8 Å². The molecule has 19 heavy (non-hydrogen) atoms. The van der Waals surface area contributed by atoms with Crippen LogP contribution >= 0.6 is 11.8 Å². The molecule has 3 N–H and O–H groups in total. The van der Waals surface area contributed by atoms with E-state index in [1.54, 1.807) is 0 Å². The summed E-state index contributed by atoms with van der Waals surface area (Å²) >= 11 is 1.07. The van der Waals surface area contributed by atoms with Crippen LogP contribution in [0.15, 0.2) is 24.3 Å². The number of ether oxygens (including phenoxy) is 1. The van der Waals surface area contributed by atoms with Crippen LogP contribution in [0.4, 0.5) is 14.5 Å². The van der Waals surface area contributed by atoms with Crippen molar-refractivity contribution < 1.29 is 23.1 Å². The first-order valence-electron chi connectivity index (χ1n) is 5.18. The third-order valence-electron chi connectivity index (χ3n) is 1.82. The number of nitrogens with one attached hydrogen (secondary N) is 1. The van der Waals surface area contributed by atoms with E-state index in [0.717, 1.165) is 11.8 Å². The van der Waals surface area contributed by atoms with Crippen molar-refractivity contribution in [1.82, 2.24) is 0 Å². The second kappa shape index (κ2) is 7.57. The van der Waals surface area contributed by atoms with Gasteiger partial charge in [0.1, 0.15) is 5.75 Å². The summed E-state index contributed by atoms with van der Waals surface area (Å²) in [5, 5.41) is 2.49. The number of thioether (sulfide) groups is 1. The minimum Gasteiger partial charge on any atom is -0.435 e. The van der Waals surface area contributed by atoms with Crippen LogP contribution in [-0.4, -0.2) is 29.9 Å². The quantitative estimate of drug-likeness (QED) is 0.796. The normalized spacial score (nSPS) is 10.3. The monoisotopic (exact) mass is 290 g/mol. The lowest BCUT2D eigenvalue weighted by atomic mass is 10.3. The number of primary amides is 1. The Morgan fingerprint density at radius 2 is 2.11 bits per heavy atom. The summed E-state index contributed by atoms with van der Waals surface area (Å²) < 4.78 is 28.2. The third kappa shape index (κ3) is 6.61. The van der Waals surface area contributed by atoms with Crippen LogP contribution in [0.5, 0.6) is 5.75 Å². The number of nitrogens with two attached hydrogens (primary N) is 1. The van der Waals surface area contributed by atoms with Crippen LogP contribution in [0, 0.1) is 0 Å². The minimum absolute atomic E-state index is 0.0436. The number of amides is 2. The van der Waals surface area contributed by atoms with Gasteiger partial charge in [-0.3, -0.25) is 9.59 Å². The fourth-order valence-corrected chi connectivity index (χ4v) is 1.75. The Balaban J connectivity index is 2.47. The van der Waals surface area contributed by atoms with Crippen LogP contribution in [0.3, 0.4) is 0 Å². The van der Waals surface area contributed by atoms with Gasteiger partial charge in [0.25, 0.3) is 0 Å². The topological polar surface area (TPSA) is 81.4 Å². The van der Waals surface area contributed by atoms with Crippen LogP contribution in [0.2, 0.25) is 0 Å². The molecule has 0 radical (unpaired) electrons. The molecule has 0 fully saturated rings. The highest BCUT2D eigenvalue weighted by molar-refractivity contribution is 8.00. The maximum atomic E-state index is 12.0. The van der Waals surface area contributed by atoms with Crippen molar-refractivity contribution in [3.8, 4) is 5.75 Å². The molecule has 0 saturated carbocycles. The number of alkyl halides is 2. The number of rotatable bonds is 7. The minimum atomic E-state index is -2.92. The zero-order chi connectivity index (χ0) is 14.3.